The van der Waals surface area contributed by atoms with E-state index in [1.165, 1.54) is 0 Å². The minimum absolute atomic E-state index is 0.0472. The molecule has 0 aromatic heterocycles. The van der Waals surface area contributed by atoms with Crippen molar-refractivity contribution in [3.8, 4) is 0 Å². The minimum atomic E-state index is -0.441. The van der Waals surface area contributed by atoms with Gasteiger partial charge < -0.3 is 15.0 Å². The molecule has 1 saturated heterocycles. The summed E-state index contributed by atoms with van der Waals surface area (Å²) >= 11 is 0. The number of ether oxygens (including phenoxy) is 1. The zero-order valence-electron chi connectivity index (χ0n) is 13.8. The van der Waals surface area contributed by atoms with Gasteiger partial charge in [-0.15, -0.1) is 0 Å². The molecule has 1 N–H and O–H groups in total. The number of nitrogens with one attached hydrogen (secondary N) is 1. The van der Waals surface area contributed by atoms with Crippen molar-refractivity contribution in [1.29, 1.82) is 0 Å². The number of hydrogen-bond acceptors (Lipinski definition) is 3. The van der Waals surface area contributed by atoms with E-state index in [0.717, 1.165) is 25.7 Å². The molecule has 2 fully saturated rings. The number of methoxy groups -OCH3 is 1. The fraction of sp³-hybridized carbons (Fsp3) is 0.875. The normalized spacial score (nSPS) is 34.8. The second kappa shape index (κ2) is 5.95. The van der Waals surface area contributed by atoms with Crippen molar-refractivity contribution in [2.24, 2.45) is 5.41 Å². The Labute approximate surface area is 127 Å². The van der Waals surface area contributed by atoms with Crippen molar-refractivity contribution in [2.75, 3.05) is 7.11 Å². The third-order valence-electron chi connectivity index (χ3n) is 4.78. The number of rotatable bonds is 2. The Morgan fingerprint density at radius 2 is 1.90 bits per heavy atom. The molecule has 2 amide bonds. The van der Waals surface area contributed by atoms with Gasteiger partial charge in [-0.2, -0.15) is 0 Å². The van der Waals surface area contributed by atoms with Gasteiger partial charge in [-0.3, -0.25) is 9.59 Å². The van der Waals surface area contributed by atoms with E-state index in [2.05, 4.69) is 5.32 Å². The molecule has 1 saturated carbocycles. The summed E-state index contributed by atoms with van der Waals surface area (Å²) in [4.78, 5) is 27.0. The van der Waals surface area contributed by atoms with Crippen LogP contribution in [0.5, 0.6) is 0 Å². The van der Waals surface area contributed by atoms with E-state index >= 15 is 0 Å². The van der Waals surface area contributed by atoms with Crippen LogP contribution in [0, 0.1) is 5.41 Å². The zero-order chi connectivity index (χ0) is 15.8. The summed E-state index contributed by atoms with van der Waals surface area (Å²) in [6.07, 6.45) is 4.07. The molecule has 0 radical (unpaired) electrons. The molecule has 1 heterocycles. The average Bonchev–Trinajstić information content (AvgIpc) is 2.42. The molecule has 2 aliphatic rings. The third-order valence-corrected chi connectivity index (χ3v) is 4.78. The first-order valence-corrected chi connectivity index (χ1v) is 7.91. The predicted molar refractivity (Wildman–Crippen MR) is 80.7 cm³/mol. The Morgan fingerprint density at radius 1 is 1.24 bits per heavy atom. The number of piperazine rings is 1. The lowest BCUT2D eigenvalue weighted by Crippen LogP contribution is -2.68. The van der Waals surface area contributed by atoms with E-state index in [4.69, 9.17) is 4.74 Å². The van der Waals surface area contributed by atoms with Crippen LogP contribution in [0.1, 0.15) is 53.4 Å². The second-order valence-corrected chi connectivity index (χ2v) is 7.41. The first kappa shape index (κ1) is 16.3. The summed E-state index contributed by atoms with van der Waals surface area (Å²) < 4.78 is 5.47. The molecule has 0 aromatic rings. The SMILES string of the molecule is COC1CCCC(N2C(=O)C(C(C)(C)C)NC(=O)C2C)C1. The Morgan fingerprint density at radius 3 is 2.48 bits per heavy atom. The highest BCUT2D eigenvalue weighted by Gasteiger charge is 2.46. The van der Waals surface area contributed by atoms with E-state index < -0.39 is 12.1 Å². The summed E-state index contributed by atoms with van der Waals surface area (Å²) in [7, 11) is 1.72. The highest BCUT2D eigenvalue weighted by atomic mass is 16.5. The van der Waals surface area contributed by atoms with Gasteiger partial charge in [-0.1, -0.05) is 20.8 Å². The number of carbonyl (C=O) groups excluding carboxylic acids is 2. The maximum atomic E-state index is 12.9. The second-order valence-electron chi connectivity index (χ2n) is 7.41. The maximum Gasteiger partial charge on any atom is 0.246 e. The van der Waals surface area contributed by atoms with Gasteiger partial charge in [0.2, 0.25) is 11.8 Å². The number of carbonyl (C=O) groups is 2. The molecule has 0 spiro atoms. The van der Waals surface area contributed by atoms with Crippen LogP contribution in [0.3, 0.4) is 0 Å². The van der Waals surface area contributed by atoms with Crippen LogP contribution in [-0.4, -0.2) is 48.1 Å². The van der Waals surface area contributed by atoms with Gasteiger partial charge in [0.15, 0.2) is 0 Å². The number of nitrogens with zero attached hydrogens (tertiary/aromatic N) is 1. The van der Waals surface area contributed by atoms with Crippen LogP contribution in [0.4, 0.5) is 0 Å². The number of amides is 2. The predicted octanol–water partition coefficient (Wildman–Crippen LogP) is 1.71. The smallest absolute Gasteiger partial charge is 0.246 e. The first-order chi connectivity index (χ1) is 9.75. The lowest BCUT2D eigenvalue weighted by molar-refractivity contribution is -0.156. The van der Waals surface area contributed by atoms with Crippen molar-refractivity contribution in [2.45, 2.75) is 77.6 Å². The highest BCUT2D eigenvalue weighted by molar-refractivity contribution is 5.97. The van der Waals surface area contributed by atoms with Crippen molar-refractivity contribution in [1.82, 2.24) is 10.2 Å². The molecule has 2 rings (SSSR count). The van der Waals surface area contributed by atoms with Crippen LogP contribution in [-0.2, 0) is 14.3 Å². The van der Waals surface area contributed by atoms with Crippen LogP contribution in [0.2, 0.25) is 0 Å². The van der Waals surface area contributed by atoms with Crippen molar-refractivity contribution in [3.05, 3.63) is 0 Å². The Balaban J connectivity index is 2.22. The van der Waals surface area contributed by atoms with Crippen molar-refractivity contribution in [3.63, 3.8) is 0 Å². The molecule has 5 nitrogen and oxygen atoms in total. The molecule has 4 unspecified atom stereocenters. The molecular formula is C16H28N2O3. The van der Waals surface area contributed by atoms with Crippen molar-refractivity contribution < 1.29 is 14.3 Å². The zero-order valence-corrected chi connectivity index (χ0v) is 13.8. The molecular weight excluding hydrogens is 268 g/mol. The van der Waals surface area contributed by atoms with E-state index in [1.54, 1.807) is 7.11 Å². The van der Waals surface area contributed by atoms with Gasteiger partial charge in [0.1, 0.15) is 12.1 Å². The summed E-state index contributed by atoms with van der Waals surface area (Å²) in [6.45, 7) is 7.79. The van der Waals surface area contributed by atoms with E-state index in [0.29, 0.717) is 0 Å². The van der Waals surface area contributed by atoms with Gasteiger partial charge in [-0.05, 0) is 38.0 Å². The lowest BCUT2D eigenvalue weighted by Gasteiger charge is -2.47. The van der Waals surface area contributed by atoms with Crippen LogP contribution >= 0.6 is 0 Å². The fourth-order valence-electron chi connectivity index (χ4n) is 3.46. The highest BCUT2D eigenvalue weighted by Crippen LogP contribution is 2.31. The molecule has 4 atom stereocenters. The molecule has 0 aromatic carbocycles. The fourth-order valence-corrected chi connectivity index (χ4v) is 3.46. The Hall–Kier alpha value is -1.10. The summed E-state index contributed by atoms with van der Waals surface area (Å²) in [5, 5.41) is 2.89. The number of hydrogen-bond donors (Lipinski definition) is 1. The molecule has 21 heavy (non-hydrogen) atoms. The van der Waals surface area contributed by atoms with Gasteiger partial charge in [0.05, 0.1) is 6.10 Å². The van der Waals surface area contributed by atoms with Crippen LogP contribution in [0.15, 0.2) is 0 Å². The van der Waals surface area contributed by atoms with Gasteiger partial charge >= 0.3 is 0 Å². The van der Waals surface area contributed by atoms with Crippen LogP contribution in [0.25, 0.3) is 0 Å². The van der Waals surface area contributed by atoms with Crippen molar-refractivity contribution >= 4 is 11.8 Å². The first-order valence-electron chi connectivity index (χ1n) is 7.91. The monoisotopic (exact) mass is 296 g/mol. The quantitative estimate of drug-likeness (QED) is 0.844. The van der Waals surface area contributed by atoms with Gasteiger partial charge in [0.25, 0.3) is 0 Å². The molecule has 1 aliphatic carbocycles. The summed E-state index contributed by atoms with van der Waals surface area (Å²) in [5.41, 5.74) is -0.277. The van der Waals surface area contributed by atoms with Crippen LogP contribution < -0.4 is 5.32 Å². The van der Waals surface area contributed by atoms with E-state index in [1.807, 2.05) is 32.6 Å². The molecule has 0 bridgehead atoms. The van der Waals surface area contributed by atoms with Gasteiger partial charge in [0, 0.05) is 13.2 Å². The Bertz CT molecular complexity index is 416. The average molecular weight is 296 g/mol. The topological polar surface area (TPSA) is 58.6 Å². The Kier molecular flexibility index (Phi) is 4.61. The standard InChI is InChI=1S/C16H28N2O3/c1-10-14(19)17-13(16(2,3)4)15(20)18(10)11-7-6-8-12(9-11)21-5/h10-13H,6-9H2,1-5H3,(H,17,19). The largest absolute Gasteiger partial charge is 0.381 e. The van der Waals surface area contributed by atoms with E-state index in [9.17, 15) is 9.59 Å². The molecule has 120 valence electrons. The molecule has 1 aliphatic heterocycles. The van der Waals surface area contributed by atoms with Gasteiger partial charge in [-0.25, -0.2) is 0 Å². The third kappa shape index (κ3) is 3.23. The maximum absolute atomic E-state index is 12.9. The summed E-state index contributed by atoms with van der Waals surface area (Å²) in [5.74, 6) is 0.00502. The van der Waals surface area contributed by atoms with E-state index in [-0.39, 0.29) is 29.4 Å². The minimum Gasteiger partial charge on any atom is -0.381 e. The molecule has 5 heteroatoms. The summed E-state index contributed by atoms with van der Waals surface area (Å²) in [6, 6.07) is -0.720. The lowest BCUT2D eigenvalue weighted by atomic mass is 9.82.